The van der Waals surface area contributed by atoms with Crippen LogP contribution < -0.4 is 5.32 Å². The normalized spacial score (nSPS) is 27.7. The van der Waals surface area contributed by atoms with Crippen LogP contribution in [0.15, 0.2) is 24.3 Å². The van der Waals surface area contributed by atoms with Gasteiger partial charge in [0.25, 0.3) is 5.91 Å². The summed E-state index contributed by atoms with van der Waals surface area (Å²) >= 11 is 0. The number of carboxylic acid groups (broad SMARTS) is 1. The summed E-state index contributed by atoms with van der Waals surface area (Å²) in [7, 11) is 0. The Morgan fingerprint density at radius 2 is 1.85 bits per heavy atom. The molecule has 1 saturated heterocycles. The lowest BCUT2D eigenvalue weighted by molar-refractivity contribution is -0.141. The standard InChI is InChI=1S/C20H24N2O4/c23-18(12-8-9-12)21-15-6-3-5-14(10-15)19(24)22-16-7-2-1-4-13(16)11-17(22)20(25)26/h3,5-6,10,12-13,16-17H,1-2,4,7-9,11H2,(H,21,23)(H,25,26). The number of rotatable bonds is 4. The fourth-order valence-electron chi connectivity index (χ4n) is 4.44. The van der Waals surface area contributed by atoms with Gasteiger partial charge in [-0.3, -0.25) is 9.59 Å². The van der Waals surface area contributed by atoms with Crippen molar-refractivity contribution in [2.75, 3.05) is 5.32 Å². The molecule has 26 heavy (non-hydrogen) atoms. The number of likely N-dealkylation sites (tertiary alicyclic amines) is 1. The van der Waals surface area contributed by atoms with Gasteiger partial charge in [0, 0.05) is 23.2 Å². The second kappa shape index (κ2) is 6.74. The SMILES string of the molecule is O=C(Nc1cccc(C(=O)N2C(C(=O)O)CC3CCCCC32)c1)C1CC1. The lowest BCUT2D eigenvalue weighted by atomic mass is 9.84. The molecule has 0 radical (unpaired) electrons. The molecular formula is C20H24N2O4. The van der Waals surface area contributed by atoms with Gasteiger partial charge in [-0.25, -0.2) is 4.79 Å². The number of nitrogens with one attached hydrogen (secondary N) is 1. The summed E-state index contributed by atoms with van der Waals surface area (Å²) < 4.78 is 0. The van der Waals surface area contributed by atoms with E-state index in [9.17, 15) is 19.5 Å². The van der Waals surface area contributed by atoms with Crippen molar-refractivity contribution in [3.63, 3.8) is 0 Å². The third-order valence-electron chi connectivity index (χ3n) is 5.93. The summed E-state index contributed by atoms with van der Waals surface area (Å²) in [6.45, 7) is 0. The Hall–Kier alpha value is -2.37. The van der Waals surface area contributed by atoms with Gasteiger partial charge in [0.15, 0.2) is 0 Å². The number of hydrogen-bond donors (Lipinski definition) is 2. The average molecular weight is 356 g/mol. The zero-order valence-corrected chi connectivity index (χ0v) is 14.7. The number of fused-ring (bicyclic) bond motifs is 1. The van der Waals surface area contributed by atoms with E-state index >= 15 is 0 Å². The highest BCUT2D eigenvalue weighted by Crippen LogP contribution is 2.40. The molecule has 3 unspecified atom stereocenters. The molecule has 6 heteroatoms. The van der Waals surface area contributed by atoms with E-state index in [4.69, 9.17) is 0 Å². The predicted molar refractivity (Wildman–Crippen MR) is 95.8 cm³/mol. The Bertz CT molecular complexity index is 743. The molecule has 1 aromatic carbocycles. The third-order valence-corrected chi connectivity index (χ3v) is 5.93. The molecule has 1 aliphatic heterocycles. The van der Waals surface area contributed by atoms with E-state index in [1.807, 2.05) is 0 Å². The lowest BCUT2D eigenvalue weighted by Crippen LogP contribution is -2.46. The molecule has 1 heterocycles. The Morgan fingerprint density at radius 3 is 2.58 bits per heavy atom. The maximum Gasteiger partial charge on any atom is 0.326 e. The molecule has 2 N–H and O–H groups in total. The second-order valence-corrected chi connectivity index (χ2v) is 7.76. The Balaban J connectivity index is 1.57. The molecule has 2 aliphatic carbocycles. The van der Waals surface area contributed by atoms with E-state index in [-0.39, 0.29) is 29.7 Å². The first-order valence-electron chi connectivity index (χ1n) is 9.51. The van der Waals surface area contributed by atoms with Gasteiger partial charge in [-0.05, 0) is 56.2 Å². The maximum absolute atomic E-state index is 13.2. The van der Waals surface area contributed by atoms with Crippen LogP contribution in [0.2, 0.25) is 0 Å². The van der Waals surface area contributed by atoms with Crippen molar-refractivity contribution in [2.45, 2.75) is 57.0 Å². The van der Waals surface area contributed by atoms with Gasteiger partial charge in [-0.15, -0.1) is 0 Å². The van der Waals surface area contributed by atoms with E-state index < -0.39 is 12.0 Å². The van der Waals surface area contributed by atoms with Crippen LogP contribution in [0.3, 0.4) is 0 Å². The smallest absolute Gasteiger partial charge is 0.326 e. The van der Waals surface area contributed by atoms with Crippen molar-refractivity contribution in [3.8, 4) is 0 Å². The number of carboxylic acids is 1. The van der Waals surface area contributed by atoms with Crippen LogP contribution in [0, 0.1) is 11.8 Å². The zero-order valence-electron chi connectivity index (χ0n) is 14.7. The highest BCUT2D eigenvalue weighted by molar-refractivity contribution is 6.00. The van der Waals surface area contributed by atoms with Crippen LogP contribution in [0.4, 0.5) is 5.69 Å². The molecule has 2 saturated carbocycles. The largest absolute Gasteiger partial charge is 0.480 e. The number of carbonyl (C=O) groups is 3. The minimum absolute atomic E-state index is 0.00784. The molecule has 0 spiro atoms. The fourth-order valence-corrected chi connectivity index (χ4v) is 4.44. The van der Waals surface area contributed by atoms with Gasteiger partial charge < -0.3 is 15.3 Å². The number of carbonyl (C=O) groups excluding carboxylic acids is 2. The topological polar surface area (TPSA) is 86.7 Å². The Labute approximate surface area is 152 Å². The molecular weight excluding hydrogens is 332 g/mol. The van der Waals surface area contributed by atoms with Gasteiger partial charge in [0.2, 0.25) is 5.91 Å². The number of nitrogens with zero attached hydrogens (tertiary/aromatic N) is 1. The van der Waals surface area contributed by atoms with Crippen LogP contribution in [0.25, 0.3) is 0 Å². The van der Waals surface area contributed by atoms with Gasteiger partial charge in [0.1, 0.15) is 6.04 Å². The Morgan fingerprint density at radius 1 is 1.08 bits per heavy atom. The van der Waals surface area contributed by atoms with E-state index in [0.717, 1.165) is 38.5 Å². The van der Waals surface area contributed by atoms with Crippen molar-refractivity contribution in [1.29, 1.82) is 0 Å². The van der Waals surface area contributed by atoms with E-state index in [0.29, 0.717) is 17.7 Å². The molecule has 3 aliphatic rings. The molecule has 1 aromatic rings. The van der Waals surface area contributed by atoms with Crippen molar-refractivity contribution < 1.29 is 19.5 Å². The molecule has 3 fully saturated rings. The second-order valence-electron chi connectivity index (χ2n) is 7.76. The van der Waals surface area contributed by atoms with Crippen molar-refractivity contribution in [1.82, 2.24) is 4.90 Å². The highest BCUT2D eigenvalue weighted by atomic mass is 16.4. The van der Waals surface area contributed by atoms with Crippen LogP contribution in [-0.4, -0.2) is 39.9 Å². The maximum atomic E-state index is 13.2. The molecule has 2 amide bonds. The summed E-state index contributed by atoms with van der Waals surface area (Å²) in [5.41, 5.74) is 1.04. The summed E-state index contributed by atoms with van der Waals surface area (Å²) in [5, 5.41) is 12.5. The van der Waals surface area contributed by atoms with Crippen LogP contribution in [0.1, 0.15) is 55.3 Å². The molecule has 4 rings (SSSR count). The Kier molecular flexibility index (Phi) is 4.42. The first kappa shape index (κ1) is 17.1. The van der Waals surface area contributed by atoms with Crippen LogP contribution >= 0.6 is 0 Å². The molecule has 6 nitrogen and oxygen atoms in total. The van der Waals surface area contributed by atoms with Crippen molar-refractivity contribution >= 4 is 23.5 Å². The van der Waals surface area contributed by atoms with Gasteiger partial charge in [-0.2, -0.15) is 0 Å². The first-order valence-corrected chi connectivity index (χ1v) is 9.51. The number of hydrogen-bond acceptors (Lipinski definition) is 3. The molecule has 0 bridgehead atoms. The highest BCUT2D eigenvalue weighted by Gasteiger charge is 2.47. The van der Waals surface area contributed by atoms with E-state index in [1.165, 1.54) is 0 Å². The monoisotopic (exact) mass is 356 g/mol. The minimum Gasteiger partial charge on any atom is -0.480 e. The summed E-state index contributed by atoms with van der Waals surface area (Å²) in [6.07, 6.45) is 6.40. The third kappa shape index (κ3) is 3.20. The average Bonchev–Trinajstić information content (AvgIpc) is 3.41. The van der Waals surface area contributed by atoms with Crippen molar-refractivity contribution in [3.05, 3.63) is 29.8 Å². The van der Waals surface area contributed by atoms with Crippen molar-refractivity contribution in [2.24, 2.45) is 11.8 Å². The van der Waals surface area contributed by atoms with Crippen LogP contribution in [-0.2, 0) is 9.59 Å². The van der Waals surface area contributed by atoms with Crippen LogP contribution in [0.5, 0.6) is 0 Å². The fraction of sp³-hybridized carbons (Fsp3) is 0.550. The number of aliphatic carboxylic acids is 1. The molecule has 138 valence electrons. The first-order chi connectivity index (χ1) is 12.5. The summed E-state index contributed by atoms with van der Waals surface area (Å²) in [6, 6.07) is 6.13. The van der Waals surface area contributed by atoms with Gasteiger partial charge in [-0.1, -0.05) is 18.9 Å². The minimum atomic E-state index is -0.925. The molecule has 3 atom stereocenters. The zero-order chi connectivity index (χ0) is 18.3. The quantitative estimate of drug-likeness (QED) is 0.868. The molecule has 0 aromatic heterocycles. The lowest BCUT2D eigenvalue weighted by Gasteiger charge is -2.33. The number of amides is 2. The summed E-state index contributed by atoms with van der Waals surface area (Å²) in [4.78, 5) is 38.4. The number of benzene rings is 1. The van der Waals surface area contributed by atoms with Gasteiger partial charge in [0.05, 0.1) is 0 Å². The summed E-state index contributed by atoms with van der Waals surface area (Å²) in [5.74, 6) is -0.800. The predicted octanol–water partition coefficient (Wildman–Crippen LogP) is 2.89. The van der Waals surface area contributed by atoms with E-state index in [1.54, 1.807) is 29.2 Å². The van der Waals surface area contributed by atoms with E-state index in [2.05, 4.69) is 5.32 Å². The number of anilines is 1. The van der Waals surface area contributed by atoms with Gasteiger partial charge >= 0.3 is 5.97 Å².